The molecule has 0 bridgehead atoms. The molecule has 0 aromatic heterocycles. The molecule has 3 aliphatic rings. The lowest BCUT2D eigenvalue weighted by molar-refractivity contribution is 0.0979. The summed E-state index contributed by atoms with van der Waals surface area (Å²) in [5, 5.41) is 0. The van der Waals surface area contributed by atoms with Gasteiger partial charge in [-0.1, -0.05) is 54.0 Å². The third kappa shape index (κ3) is 2.21. The lowest BCUT2D eigenvalue weighted by Gasteiger charge is -2.48. The molecular formula is C16H25I. The van der Waals surface area contributed by atoms with E-state index < -0.39 is 0 Å². The van der Waals surface area contributed by atoms with Crippen LogP contribution in [-0.2, 0) is 0 Å². The van der Waals surface area contributed by atoms with Crippen molar-refractivity contribution in [2.24, 2.45) is 23.7 Å². The first-order valence-corrected chi connectivity index (χ1v) is 8.88. The summed E-state index contributed by atoms with van der Waals surface area (Å²) in [4.78, 5) is 0. The van der Waals surface area contributed by atoms with Crippen molar-refractivity contribution in [2.45, 2.75) is 62.2 Å². The molecule has 0 nitrogen and oxygen atoms in total. The first kappa shape index (κ1) is 12.5. The molecule has 0 aromatic rings. The Hall–Kier alpha value is 0.470. The normalized spacial score (nSPS) is 45.8. The fourth-order valence-corrected chi connectivity index (χ4v) is 6.27. The fourth-order valence-electron chi connectivity index (χ4n) is 4.87. The second-order valence-corrected chi connectivity index (χ2v) is 7.96. The Balaban J connectivity index is 1.83. The zero-order valence-corrected chi connectivity index (χ0v) is 13.2. The van der Waals surface area contributed by atoms with Gasteiger partial charge in [0.05, 0.1) is 0 Å². The van der Waals surface area contributed by atoms with E-state index in [4.69, 9.17) is 0 Å². The van der Waals surface area contributed by atoms with Crippen molar-refractivity contribution in [3.05, 3.63) is 11.6 Å². The molecule has 2 fully saturated rings. The fraction of sp³-hybridized carbons (Fsp3) is 0.875. The van der Waals surface area contributed by atoms with Crippen LogP contribution in [0.4, 0.5) is 0 Å². The molecule has 0 N–H and O–H groups in total. The number of hydrogen-bond donors (Lipinski definition) is 0. The summed E-state index contributed by atoms with van der Waals surface area (Å²) in [7, 11) is 0. The standard InChI is InChI=1S/C16H25I/c1-2-12-14-8-7-11-5-3-4-6-13(11)15(14)9-10-16(12)17/h7,12-16H,2-6,8-10H2,1H3. The van der Waals surface area contributed by atoms with Crippen molar-refractivity contribution in [1.82, 2.24) is 0 Å². The Morgan fingerprint density at radius 2 is 2.06 bits per heavy atom. The molecule has 0 amide bonds. The topological polar surface area (TPSA) is 0 Å². The second-order valence-electron chi connectivity index (χ2n) is 6.36. The monoisotopic (exact) mass is 344 g/mol. The van der Waals surface area contributed by atoms with Crippen LogP contribution in [0.2, 0.25) is 0 Å². The third-order valence-corrected chi connectivity index (χ3v) is 7.23. The van der Waals surface area contributed by atoms with E-state index in [1.807, 2.05) is 5.57 Å². The average Bonchev–Trinajstić information content (AvgIpc) is 2.38. The van der Waals surface area contributed by atoms with Crippen molar-refractivity contribution >= 4 is 22.6 Å². The zero-order valence-electron chi connectivity index (χ0n) is 11.0. The quantitative estimate of drug-likeness (QED) is 0.341. The number of allylic oxidation sites excluding steroid dienone is 2. The molecule has 5 unspecified atom stereocenters. The molecule has 0 radical (unpaired) electrons. The van der Waals surface area contributed by atoms with Gasteiger partial charge in [0.15, 0.2) is 0 Å². The van der Waals surface area contributed by atoms with Crippen molar-refractivity contribution < 1.29 is 0 Å². The van der Waals surface area contributed by atoms with Gasteiger partial charge < -0.3 is 0 Å². The minimum absolute atomic E-state index is 0.956. The van der Waals surface area contributed by atoms with E-state index >= 15 is 0 Å². The minimum Gasteiger partial charge on any atom is -0.0847 e. The highest BCUT2D eigenvalue weighted by Gasteiger charge is 2.43. The van der Waals surface area contributed by atoms with Crippen LogP contribution in [0.3, 0.4) is 0 Å². The van der Waals surface area contributed by atoms with E-state index in [1.54, 1.807) is 0 Å². The van der Waals surface area contributed by atoms with Gasteiger partial charge in [0.2, 0.25) is 0 Å². The van der Waals surface area contributed by atoms with Gasteiger partial charge in [0, 0.05) is 3.92 Å². The first-order valence-electron chi connectivity index (χ1n) is 7.64. The SMILES string of the molecule is CCC1C(I)CCC2C3CCCCC3=CCC12. The van der Waals surface area contributed by atoms with Gasteiger partial charge in [-0.05, 0) is 62.2 Å². The van der Waals surface area contributed by atoms with Gasteiger partial charge in [-0.15, -0.1) is 0 Å². The van der Waals surface area contributed by atoms with E-state index in [1.165, 1.54) is 51.4 Å². The number of fused-ring (bicyclic) bond motifs is 3. The van der Waals surface area contributed by atoms with Gasteiger partial charge in [0.25, 0.3) is 0 Å². The smallest absolute Gasteiger partial charge is 0.0141 e. The molecule has 3 aliphatic carbocycles. The Bertz CT molecular complexity index is 307. The Labute approximate surface area is 120 Å². The van der Waals surface area contributed by atoms with E-state index in [-0.39, 0.29) is 0 Å². The predicted octanol–water partition coefficient (Wildman–Crippen LogP) is 5.36. The molecule has 0 saturated heterocycles. The third-order valence-electron chi connectivity index (χ3n) is 5.69. The first-order chi connectivity index (χ1) is 8.31. The summed E-state index contributed by atoms with van der Waals surface area (Å²) < 4.78 is 0.956. The van der Waals surface area contributed by atoms with Crippen molar-refractivity contribution in [3.63, 3.8) is 0 Å². The van der Waals surface area contributed by atoms with Crippen LogP contribution in [0, 0.1) is 23.7 Å². The Kier molecular flexibility index (Phi) is 3.84. The molecule has 0 spiro atoms. The van der Waals surface area contributed by atoms with Gasteiger partial charge in [-0.3, -0.25) is 0 Å². The minimum atomic E-state index is 0.956. The summed E-state index contributed by atoms with van der Waals surface area (Å²) in [6.07, 6.45) is 14.4. The number of alkyl halides is 1. The lowest BCUT2D eigenvalue weighted by Crippen LogP contribution is -2.41. The molecule has 0 aliphatic heterocycles. The molecule has 1 heteroatoms. The van der Waals surface area contributed by atoms with Crippen molar-refractivity contribution in [1.29, 1.82) is 0 Å². The highest BCUT2D eigenvalue weighted by atomic mass is 127. The van der Waals surface area contributed by atoms with Crippen LogP contribution in [0.1, 0.15) is 58.3 Å². The maximum atomic E-state index is 2.73. The summed E-state index contributed by atoms with van der Waals surface area (Å²) in [5.74, 6) is 4.10. The van der Waals surface area contributed by atoms with Gasteiger partial charge >= 0.3 is 0 Å². The van der Waals surface area contributed by atoms with Crippen molar-refractivity contribution in [3.8, 4) is 0 Å². The van der Waals surface area contributed by atoms with Gasteiger partial charge in [-0.2, -0.15) is 0 Å². The summed E-state index contributed by atoms with van der Waals surface area (Å²) >= 11 is 2.73. The Morgan fingerprint density at radius 1 is 1.18 bits per heavy atom. The van der Waals surface area contributed by atoms with Gasteiger partial charge in [0.1, 0.15) is 0 Å². The van der Waals surface area contributed by atoms with E-state index in [2.05, 4.69) is 35.6 Å². The molecular weight excluding hydrogens is 319 g/mol. The molecule has 0 aromatic carbocycles. The zero-order chi connectivity index (χ0) is 11.8. The van der Waals surface area contributed by atoms with E-state index in [0.717, 1.165) is 27.6 Å². The van der Waals surface area contributed by atoms with Crippen LogP contribution in [0.15, 0.2) is 11.6 Å². The van der Waals surface area contributed by atoms with Crippen LogP contribution in [0.25, 0.3) is 0 Å². The van der Waals surface area contributed by atoms with Crippen LogP contribution < -0.4 is 0 Å². The highest BCUT2D eigenvalue weighted by Crippen LogP contribution is 2.52. The molecule has 96 valence electrons. The maximum absolute atomic E-state index is 2.73. The van der Waals surface area contributed by atoms with E-state index in [9.17, 15) is 0 Å². The Morgan fingerprint density at radius 3 is 2.88 bits per heavy atom. The molecule has 2 saturated carbocycles. The van der Waals surface area contributed by atoms with Crippen molar-refractivity contribution in [2.75, 3.05) is 0 Å². The molecule has 17 heavy (non-hydrogen) atoms. The summed E-state index contributed by atoms with van der Waals surface area (Å²) in [6.45, 7) is 2.42. The number of rotatable bonds is 1. The summed E-state index contributed by atoms with van der Waals surface area (Å²) in [5.41, 5.74) is 1.86. The van der Waals surface area contributed by atoms with Crippen LogP contribution in [-0.4, -0.2) is 3.92 Å². The molecule has 5 atom stereocenters. The predicted molar refractivity (Wildman–Crippen MR) is 82.5 cm³/mol. The maximum Gasteiger partial charge on any atom is 0.0141 e. The number of halogens is 1. The lowest BCUT2D eigenvalue weighted by atomic mass is 9.58. The summed E-state index contributed by atoms with van der Waals surface area (Å²) in [6, 6.07) is 0. The average molecular weight is 344 g/mol. The van der Waals surface area contributed by atoms with Gasteiger partial charge in [-0.25, -0.2) is 0 Å². The van der Waals surface area contributed by atoms with E-state index in [0.29, 0.717) is 0 Å². The highest BCUT2D eigenvalue weighted by molar-refractivity contribution is 14.1. The van der Waals surface area contributed by atoms with Crippen LogP contribution >= 0.6 is 22.6 Å². The largest absolute Gasteiger partial charge is 0.0847 e. The second kappa shape index (κ2) is 5.22. The molecule has 3 rings (SSSR count). The molecule has 0 heterocycles. The number of hydrogen-bond acceptors (Lipinski definition) is 0. The van der Waals surface area contributed by atoms with Crippen LogP contribution in [0.5, 0.6) is 0 Å².